The summed E-state index contributed by atoms with van der Waals surface area (Å²) in [6, 6.07) is 31.3. The van der Waals surface area contributed by atoms with Crippen molar-refractivity contribution in [2.75, 3.05) is 11.5 Å². The van der Waals surface area contributed by atoms with Gasteiger partial charge in [-0.05, 0) is 117 Å². The number of para-hydroxylation sites is 1. The van der Waals surface area contributed by atoms with Gasteiger partial charge in [0.2, 0.25) is 0 Å². The Labute approximate surface area is 304 Å². The third-order valence-electron chi connectivity index (χ3n) is 10.7. The first-order valence-electron chi connectivity index (χ1n) is 18.1. The van der Waals surface area contributed by atoms with E-state index in [1.54, 1.807) is 24.3 Å². The van der Waals surface area contributed by atoms with Gasteiger partial charge in [0.15, 0.2) is 0 Å². The molecule has 6 nitrogen and oxygen atoms in total. The molecule has 7 heteroatoms. The Kier molecular flexibility index (Phi) is 8.39. The fourth-order valence-corrected chi connectivity index (χ4v) is 9.04. The summed E-state index contributed by atoms with van der Waals surface area (Å²) in [5.74, 6) is -0.319. The molecular weight excluding hydrogens is 667 g/mol. The molecule has 0 aromatic heterocycles. The Balaban J connectivity index is 1.16. The summed E-state index contributed by atoms with van der Waals surface area (Å²) in [4.78, 5) is 30.6. The number of rotatable bonds is 10. The smallest absolute Gasteiger partial charge is 0.268 e. The molecule has 0 saturated carbocycles. The van der Waals surface area contributed by atoms with Crippen LogP contribution in [-0.2, 0) is 20.7 Å². The number of anilines is 1. The monoisotopic (exact) mass is 707 g/mol. The largest absolute Gasteiger partial charge is 0.296 e. The number of carbonyl (C=O) groups excluding carboxylic acids is 2. The molecule has 8 rings (SSSR count). The van der Waals surface area contributed by atoms with E-state index >= 15 is 0 Å². The topological polar surface area (TPSA) is 80.8 Å². The highest BCUT2D eigenvalue weighted by Crippen LogP contribution is 2.46. The molecule has 0 fully saturated rings. The molecular formula is C45H41NO5S. The third kappa shape index (κ3) is 5.37. The highest BCUT2D eigenvalue weighted by molar-refractivity contribution is 7.86. The molecule has 7 aromatic rings. The van der Waals surface area contributed by atoms with Crippen LogP contribution < -0.4 is 4.90 Å². The molecule has 7 aromatic carbocycles. The number of unbranched alkanes of at least 4 members (excludes halogenated alkanes) is 1. The summed E-state index contributed by atoms with van der Waals surface area (Å²) in [5.41, 5.74) is 5.94. The molecule has 0 aliphatic carbocycles. The van der Waals surface area contributed by atoms with E-state index in [0.29, 0.717) is 23.2 Å². The van der Waals surface area contributed by atoms with Gasteiger partial charge >= 0.3 is 0 Å². The highest BCUT2D eigenvalue weighted by Gasteiger charge is 2.38. The summed E-state index contributed by atoms with van der Waals surface area (Å²) in [6.07, 6.45) is 2.13. The van der Waals surface area contributed by atoms with Crippen LogP contribution in [0.4, 0.5) is 5.69 Å². The normalized spacial score (nSPS) is 13.6. The van der Waals surface area contributed by atoms with Crippen molar-refractivity contribution in [3.8, 4) is 0 Å². The summed E-state index contributed by atoms with van der Waals surface area (Å²) < 4.78 is 30.6. The van der Waals surface area contributed by atoms with Crippen LogP contribution in [0, 0.1) is 6.92 Å². The second kappa shape index (κ2) is 12.8. The fourth-order valence-electron chi connectivity index (χ4n) is 8.10. The van der Waals surface area contributed by atoms with Gasteiger partial charge in [0, 0.05) is 16.5 Å². The van der Waals surface area contributed by atoms with E-state index in [4.69, 9.17) is 4.18 Å². The number of hydrogen-bond acceptors (Lipinski definition) is 5. The van der Waals surface area contributed by atoms with Gasteiger partial charge in [0.1, 0.15) is 0 Å². The van der Waals surface area contributed by atoms with Crippen molar-refractivity contribution in [2.45, 2.75) is 70.6 Å². The van der Waals surface area contributed by atoms with Crippen molar-refractivity contribution in [3.05, 3.63) is 130 Å². The lowest BCUT2D eigenvalue weighted by molar-refractivity contribution is 0.0893. The van der Waals surface area contributed by atoms with Crippen molar-refractivity contribution in [1.29, 1.82) is 0 Å². The maximum atomic E-state index is 14.5. The standard InChI is InChI=1S/C45H41NO5S/c1-26(2)31-11-8-12-32(27(3)4)43(31)46-44(47)38-23-21-36-34-14-9-13-33-29(10-6-7-25-51-52(49,50)30-18-15-28(5)16-19-30)17-20-35(40(33)34)37-22-24-39(45(46)48)42(38)41(36)37/h8-9,11-24,26-27H,6-7,10,25H2,1-5H3. The number of hydrogen-bond donors (Lipinski definition) is 0. The van der Waals surface area contributed by atoms with Crippen LogP contribution in [-0.4, -0.2) is 26.8 Å². The van der Waals surface area contributed by atoms with Gasteiger partial charge in [0.25, 0.3) is 21.9 Å². The van der Waals surface area contributed by atoms with Crippen molar-refractivity contribution in [2.24, 2.45) is 0 Å². The molecule has 262 valence electrons. The van der Waals surface area contributed by atoms with E-state index in [9.17, 15) is 18.0 Å². The van der Waals surface area contributed by atoms with Gasteiger partial charge in [0.05, 0.1) is 17.2 Å². The molecule has 0 N–H and O–H groups in total. The number of fused-ring (bicyclic) bond motifs is 2. The molecule has 2 amide bonds. The molecule has 0 spiro atoms. The Morgan fingerprint density at radius 3 is 1.75 bits per heavy atom. The predicted molar refractivity (Wildman–Crippen MR) is 211 cm³/mol. The van der Waals surface area contributed by atoms with Crippen LogP contribution in [0.1, 0.15) is 95.3 Å². The van der Waals surface area contributed by atoms with Crippen molar-refractivity contribution >= 4 is 70.7 Å². The van der Waals surface area contributed by atoms with E-state index in [0.717, 1.165) is 72.6 Å². The zero-order chi connectivity index (χ0) is 36.5. The quantitative estimate of drug-likeness (QED) is 0.0465. The van der Waals surface area contributed by atoms with Crippen LogP contribution in [0.5, 0.6) is 0 Å². The SMILES string of the molecule is Cc1ccc(S(=O)(=O)OCCCCc2ccc3c4ccc5c6c(ccc(c7cccc2c73)c64)C(=O)N(c2c(C(C)C)cccc2C(C)C)C5=O)cc1. The maximum absolute atomic E-state index is 14.5. The number of aryl methyl sites for hydroxylation is 2. The van der Waals surface area contributed by atoms with Gasteiger partial charge in [-0.25, -0.2) is 4.90 Å². The third-order valence-corrected chi connectivity index (χ3v) is 12.0. The second-order valence-electron chi connectivity index (χ2n) is 14.7. The molecule has 0 atom stereocenters. The number of carbonyl (C=O) groups is 2. The van der Waals surface area contributed by atoms with Crippen molar-refractivity contribution in [1.82, 2.24) is 0 Å². The first-order valence-corrected chi connectivity index (χ1v) is 19.5. The Morgan fingerprint density at radius 2 is 1.13 bits per heavy atom. The van der Waals surface area contributed by atoms with E-state index in [1.165, 1.54) is 10.5 Å². The highest BCUT2D eigenvalue weighted by atomic mass is 32.2. The summed E-state index contributed by atoms with van der Waals surface area (Å²) in [5, 5.41) is 8.14. The molecule has 0 saturated heterocycles. The fraction of sp³-hybridized carbons (Fsp3) is 0.244. The van der Waals surface area contributed by atoms with E-state index in [-0.39, 0.29) is 35.2 Å². The lowest BCUT2D eigenvalue weighted by Crippen LogP contribution is -2.41. The molecule has 0 radical (unpaired) electrons. The van der Waals surface area contributed by atoms with Gasteiger partial charge in [-0.3, -0.25) is 13.8 Å². The van der Waals surface area contributed by atoms with Crippen LogP contribution in [0.15, 0.2) is 102 Å². The minimum atomic E-state index is -3.80. The minimum Gasteiger partial charge on any atom is -0.268 e. The maximum Gasteiger partial charge on any atom is 0.296 e. The Bertz CT molecular complexity index is 2580. The molecule has 1 aliphatic heterocycles. The number of nitrogens with zero attached hydrogens (tertiary/aromatic N) is 1. The second-order valence-corrected chi connectivity index (χ2v) is 16.3. The zero-order valence-electron chi connectivity index (χ0n) is 30.1. The van der Waals surface area contributed by atoms with E-state index < -0.39 is 10.1 Å². The summed E-state index contributed by atoms with van der Waals surface area (Å²) in [7, 11) is -3.80. The van der Waals surface area contributed by atoms with Crippen LogP contribution in [0.25, 0.3) is 43.1 Å². The molecule has 0 unspecified atom stereocenters. The van der Waals surface area contributed by atoms with Crippen LogP contribution in [0.2, 0.25) is 0 Å². The molecule has 52 heavy (non-hydrogen) atoms. The molecule has 0 bridgehead atoms. The Morgan fingerprint density at radius 1 is 0.596 bits per heavy atom. The van der Waals surface area contributed by atoms with Crippen molar-refractivity contribution < 1.29 is 22.2 Å². The molecule has 1 heterocycles. The minimum absolute atomic E-state index is 0.119. The number of benzene rings is 7. The molecule has 1 aliphatic rings. The lowest BCUT2D eigenvalue weighted by atomic mass is 9.83. The van der Waals surface area contributed by atoms with Crippen LogP contribution >= 0.6 is 0 Å². The average Bonchev–Trinajstić information content (AvgIpc) is 3.13. The van der Waals surface area contributed by atoms with Gasteiger partial charge in [-0.1, -0.05) is 106 Å². The zero-order valence-corrected chi connectivity index (χ0v) is 30.9. The number of amides is 2. The van der Waals surface area contributed by atoms with Gasteiger partial charge < -0.3 is 0 Å². The first kappa shape index (κ1) is 34.0. The van der Waals surface area contributed by atoms with Crippen LogP contribution in [0.3, 0.4) is 0 Å². The summed E-state index contributed by atoms with van der Waals surface area (Å²) in [6.45, 7) is 10.4. The average molecular weight is 708 g/mol. The number of imide groups is 1. The first-order chi connectivity index (χ1) is 25.0. The van der Waals surface area contributed by atoms with Crippen molar-refractivity contribution in [3.63, 3.8) is 0 Å². The Hall–Kier alpha value is -5.11. The van der Waals surface area contributed by atoms with E-state index in [2.05, 4.69) is 58.0 Å². The predicted octanol–water partition coefficient (Wildman–Crippen LogP) is 10.8. The lowest BCUT2D eigenvalue weighted by Gasteiger charge is -2.32. The van der Waals surface area contributed by atoms with Gasteiger partial charge in [-0.2, -0.15) is 8.42 Å². The summed E-state index contributed by atoms with van der Waals surface area (Å²) >= 11 is 0. The van der Waals surface area contributed by atoms with E-state index in [1.807, 2.05) is 49.4 Å². The van der Waals surface area contributed by atoms with Gasteiger partial charge in [-0.15, -0.1) is 0 Å².